The van der Waals surface area contributed by atoms with Crippen LogP contribution >= 0.6 is 0 Å². The number of benzene rings is 3. The lowest BCUT2D eigenvalue weighted by Crippen LogP contribution is -2.01. The zero-order valence-corrected chi connectivity index (χ0v) is 14.6. The first-order valence-corrected chi connectivity index (χ1v) is 9.53. The lowest BCUT2D eigenvalue weighted by atomic mass is 10.0. The van der Waals surface area contributed by atoms with Crippen LogP contribution in [0.2, 0.25) is 0 Å². The van der Waals surface area contributed by atoms with Crippen molar-refractivity contribution in [3.63, 3.8) is 0 Å². The summed E-state index contributed by atoms with van der Waals surface area (Å²) in [4.78, 5) is 11.2. The van der Waals surface area contributed by atoms with Gasteiger partial charge in [-0.2, -0.15) is 0 Å². The van der Waals surface area contributed by atoms with Crippen LogP contribution in [0.1, 0.15) is 5.56 Å². The van der Waals surface area contributed by atoms with Gasteiger partial charge in [0.1, 0.15) is 17.3 Å². The van der Waals surface area contributed by atoms with Crippen LogP contribution in [0.5, 0.6) is 11.5 Å². The quantitative estimate of drug-likeness (QED) is 0.735. The van der Waals surface area contributed by atoms with Gasteiger partial charge in [-0.1, -0.05) is 12.1 Å². The summed E-state index contributed by atoms with van der Waals surface area (Å²) in [5, 5.41) is 10.2. The van der Waals surface area contributed by atoms with Crippen molar-refractivity contribution in [3.05, 3.63) is 66.0 Å². The van der Waals surface area contributed by atoms with Crippen molar-refractivity contribution in [2.75, 3.05) is 6.26 Å². The Morgan fingerprint density at radius 1 is 1.08 bits per heavy atom. The average molecular weight is 374 g/mol. The Bertz CT molecular complexity index is 1090. The van der Waals surface area contributed by atoms with Crippen molar-refractivity contribution in [3.8, 4) is 11.5 Å². The van der Waals surface area contributed by atoms with E-state index in [-0.39, 0.29) is 11.3 Å². The average Bonchev–Trinajstić information content (AvgIpc) is 2.54. The monoisotopic (exact) mass is 374 g/mol. The van der Waals surface area contributed by atoms with Crippen molar-refractivity contribution in [2.45, 2.75) is 11.3 Å². The van der Waals surface area contributed by atoms with Crippen LogP contribution in [-0.4, -0.2) is 25.7 Å². The highest BCUT2D eigenvalue weighted by Crippen LogP contribution is 2.32. The van der Waals surface area contributed by atoms with Gasteiger partial charge in [0.25, 0.3) is 0 Å². The number of fused-ring (bicyclic) bond motifs is 1. The summed E-state index contributed by atoms with van der Waals surface area (Å²) >= 11 is 0. The van der Waals surface area contributed by atoms with Gasteiger partial charge in [0.05, 0.1) is 11.3 Å². The smallest absolute Gasteiger partial charge is 0.307 e. The molecule has 0 spiro atoms. The maximum atomic E-state index is 13.6. The predicted molar refractivity (Wildman–Crippen MR) is 94.9 cm³/mol. The first kappa shape index (κ1) is 17.9. The Hall–Kier alpha value is -2.93. The number of ether oxygens (including phenoxy) is 1. The second kappa shape index (κ2) is 6.76. The van der Waals surface area contributed by atoms with E-state index in [0.29, 0.717) is 27.8 Å². The minimum Gasteiger partial charge on any atom is -0.481 e. The van der Waals surface area contributed by atoms with Gasteiger partial charge in [0.15, 0.2) is 9.84 Å². The number of hydrogen-bond acceptors (Lipinski definition) is 4. The summed E-state index contributed by atoms with van der Waals surface area (Å²) in [6.07, 6.45) is 0.908. The van der Waals surface area contributed by atoms with E-state index in [4.69, 9.17) is 9.84 Å². The number of sulfone groups is 1. The van der Waals surface area contributed by atoms with Crippen LogP contribution in [-0.2, 0) is 21.1 Å². The number of rotatable bonds is 5. The number of carboxylic acid groups (broad SMARTS) is 1. The van der Waals surface area contributed by atoms with Crippen LogP contribution in [0, 0.1) is 5.82 Å². The summed E-state index contributed by atoms with van der Waals surface area (Å²) in [6.45, 7) is 0. The van der Waals surface area contributed by atoms with E-state index in [1.165, 1.54) is 36.4 Å². The number of aliphatic carboxylic acids is 1. The second-order valence-electron chi connectivity index (χ2n) is 5.88. The van der Waals surface area contributed by atoms with Gasteiger partial charge in [-0.25, -0.2) is 12.8 Å². The van der Waals surface area contributed by atoms with Crippen LogP contribution in [0.3, 0.4) is 0 Å². The van der Waals surface area contributed by atoms with Crippen LogP contribution in [0.15, 0.2) is 59.5 Å². The lowest BCUT2D eigenvalue weighted by molar-refractivity contribution is -0.136. The Labute approximate surface area is 149 Å². The normalized spacial score (nSPS) is 11.5. The van der Waals surface area contributed by atoms with Crippen LogP contribution in [0.4, 0.5) is 4.39 Å². The maximum absolute atomic E-state index is 13.6. The summed E-state index contributed by atoms with van der Waals surface area (Å²) in [5.74, 6) is -0.781. The van der Waals surface area contributed by atoms with Gasteiger partial charge >= 0.3 is 5.97 Å². The fourth-order valence-electron chi connectivity index (χ4n) is 2.60. The van der Waals surface area contributed by atoms with Crippen molar-refractivity contribution < 1.29 is 27.4 Å². The lowest BCUT2D eigenvalue weighted by Gasteiger charge is -2.12. The molecular formula is C19H15FO5S. The van der Waals surface area contributed by atoms with Gasteiger partial charge in [-0.05, 0) is 53.4 Å². The van der Waals surface area contributed by atoms with Crippen molar-refractivity contribution in [1.29, 1.82) is 0 Å². The molecule has 0 radical (unpaired) electrons. The predicted octanol–water partition coefficient (Wildman–Crippen LogP) is 3.80. The molecule has 0 atom stereocenters. The molecule has 0 bridgehead atoms. The molecule has 1 N–H and O–H groups in total. The number of hydrogen-bond donors (Lipinski definition) is 1. The van der Waals surface area contributed by atoms with Crippen LogP contribution < -0.4 is 4.74 Å². The van der Waals surface area contributed by atoms with E-state index in [2.05, 4.69) is 0 Å². The third-order valence-electron chi connectivity index (χ3n) is 3.77. The van der Waals surface area contributed by atoms with E-state index in [1.54, 1.807) is 18.2 Å². The van der Waals surface area contributed by atoms with Gasteiger partial charge in [0.2, 0.25) is 0 Å². The molecule has 0 amide bonds. The van der Waals surface area contributed by atoms with Gasteiger partial charge < -0.3 is 9.84 Å². The Kier molecular flexibility index (Phi) is 4.65. The van der Waals surface area contributed by atoms with Gasteiger partial charge in [0, 0.05) is 11.6 Å². The minimum atomic E-state index is -3.32. The molecule has 3 rings (SSSR count). The Balaban J connectivity index is 2.04. The molecular weight excluding hydrogens is 359 g/mol. The molecule has 3 aromatic carbocycles. The highest BCUT2D eigenvalue weighted by atomic mass is 32.2. The molecule has 0 fully saturated rings. The summed E-state index contributed by atoms with van der Waals surface area (Å²) in [5.41, 5.74) is 0.513. The molecule has 0 aromatic heterocycles. The van der Waals surface area contributed by atoms with Crippen molar-refractivity contribution in [1.82, 2.24) is 0 Å². The fourth-order valence-corrected chi connectivity index (χ4v) is 3.23. The first-order valence-electron chi connectivity index (χ1n) is 7.64. The van der Waals surface area contributed by atoms with E-state index in [0.717, 1.165) is 6.26 Å². The molecule has 7 heteroatoms. The zero-order valence-electron chi connectivity index (χ0n) is 13.8. The topological polar surface area (TPSA) is 80.7 Å². The van der Waals surface area contributed by atoms with Crippen LogP contribution in [0.25, 0.3) is 10.8 Å². The molecule has 0 saturated heterocycles. The first-order chi connectivity index (χ1) is 12.2. The largest absolute Gasteiger partial charge is 0.481 e. The van der Waals surface area contributed by atoms with Gasteiger partial charge in [-0.15, -0.1) is 0 Å². The van der Waals surface area contributed by atoms with E-state index in [1.807, 2.05) is 0 Å². The molecule has 0 aliphatic heterocycles. The number of carboxylic acids is 1. The molecule has 134 valence electrons. The molecule has 0 unspecified atom stereocenters. The second-order valence-corrected chi connectivity index (χ2v) is 7.89. The Morgan fingerprint density at radius 3 is 2.38 bits per heavy atom. The molecule has 0 heterocycles. The highest BCUT2D eigenvalue weighted by molar-refractivity contribution is 7.90. The summed E-state index contributed by atoms with van der Waals surface area (Å²) in [7, 11) is -3.32. The third-order valence-corrected chi connectivity index (χ3v) is 4.90. The summed E-state index contributed by atoms with van der Waals surface area (Å²) in [6, 6.07) is 13.2. The van der Waals surface area contributed by atoms with E-state index >= 15 is 0 Å². The van der Waals surface area contributed by atoms with Crippen molar-refractivity contribution >= 4 is 26.6 Å². The molecule has 26 heavy (non-hydrogen) atoms. The number of carbonyl (C=O) groups is 1. The standard InChI is InChI=1S/C19H15FO5S/c1-26(23,24)16-6-4-15(5-7-16)25-18-9-12(10-19(21)22)8-13-2-3-14(20)11-17(13)18/h2-9,11H,10H2,1H3,(H,21,22). The SMILES string of the molecule is CS(=O)(=O)c1ccc(Oc2cc(CC(=O)O)cc3ccc(F)cc23)cc1. The minimum absolute atomic E-state index is 0.153. The Morgan fingerprint density at radius 2 is 1.77 bits per heavy atom. The van der Waals surface area contributed by atoms with E-state index < -0.39 is 21.6 Å². The highest BCUT2D eigenvalue weighted by Gasteiger charge is 2.11. The third kappa shape index (κ3) is 4.00. The van der Waals surface area contributed by atoms with Gasteiger partial charge in [-0.3, -0.25) is 4.79 Å². The summed E-state index contributed by atoms with van der Waals surface area (Å²) < 4.78 is 42.5. The maximum Gasteiger partial charge on any atom is 0.307 e. The van der Waals surface area contributed by atoms with Crippen molar-refractivity contribution in [2.24, 2.45) is 0 Å². The molecule has 0 aliphatic carbocycles. The molecule has 0 aliphatic rings. The molecule has 5 nitrogen and oxygen atoms in total. The molecule has 0 saturated carbocycles. The fraction of sp³-hybridized carbons (Fsp3) is 0.105. The zero-order chi connectivity index (χ0) is 18.9. The number of halogens is 1. The van der Waals surface area contributed by atoms with E-state index in [9.17, 15) is 17.6 Å². The molecule has 3 aromatic rings.